The van der Waals surface area contributed by atoms with Gasteiger partial charge in [-0.2, -0.15) is 0 Å². The average molecular weight is 563 g/mol. The summed E-state index contributed by atoms with van der Waals surface area (Å²) in [6.07, 6.45) is 0. The van der Waals surface area contributed by atoms with Gasteiger partial charge in [0.25, 0.3) is 5.91 Å². The van der Waals surface area contributed by atoms with E-state index in [1.54, 1.807) is 37.2 Å². The number of carbonyl (C=O) groups is 1. The zero-order chi connectivity index (χ0) is 19.8. The number of guanidine groups is 1. The second-order valence-electron chi connectivity index (χ2n) is 6.18. The monoisotopic (exact) mass is 562 g/mol. The van der Waals surface area contributed by atoms with Gasteiger partial charge in [-0.15, -0.1) is 24.0 Å². The van der Waals surface area contributed by atoms with E-state index in [2.05, 4.69) is 31.6 Å². The minimum atomic E-state index is -0.274. The van der Waals surface area contributed by atoms with Crippen LogP contribution in [0.4, 0.5) is 4.39 Å². The Morgan fingerprint density at radius 2 is 1.82 bits per heavy atom. The Morgan fingerprint density at radius 3 is 2.43 bits per heavy atom. The van der Waals surface area contributed by atoms with Crippen molar-refractivity contribution in [3.8, 4) is 0 Å². The topological polar surface area (TPSA) is 56.7 Å². The maximum Gasteiger partial charge on any atom is 0.253 e. The number of hydrogen-bond acceptors (Lipinski definition) is 2. The predicted molar refractivity (Wildman–Crippen MR) is 126 cm³/mol. The molecule has 8 heteroatoms. The highest BCUT2D eigenvalue weighted by Crippen LogP contribution is 2.17. The van der Waals surface area contributed by atoms with Crippen LogP contribution in [0.15, 0.2) is 51.9 Å². The predicted octanol–water partition coefficient (Wildman–Crippen LogP) is 4.16. The lowest BCUT2D eigenvalue weighted by molar-refractivity contribution is 0.0827. The number of nitrogens with zero attached hydrogens (tertiary/aromatic N) is 2. The highest BCUT2D eigenvalue weighted by molar-refractivity contribution is 14.0. The molecule has 5 nitrogen and oxygen atoms in total. The summed E-state index contributed by atoms with van der Waals surface area (Å²) in [5.41, 5.74) is 2.45. The lowest BCUT2D eigenvalue weighted by Gasteiger charge is -2.13. The van der Waals surface area contributed by atoms with E-state index in [0.717, 1.165) is 15.6 Å². The van der Waals surface area contributed by atoms with Gasteiger partial charge in [-0.05, 0) is 48.4 Å². The van der Waals surface area contributed by atoms with Crippen LogP contribution in [-0.2, 0) is 13.1 Å². The van der Waals surface area contributed by atoms with Crippen molar-refractivity contribution in [1.29, 1.82) is 0 Å². The molecule has 0 saturated heterocycles. The first-order chi connectivity index (χ1) is 12.9. The molecule has 0 fully saturated rings. The number of aliphatic imine (C=N–C) groups is 1. The molecule has 2 aromatic rings. The van der Waals surface area contributed by atoms with E-state index in [0.29, 0.717) is 31.2 Å². The van der Waals surface area contributed by atoms with Gasteiger partial charge in [-0.3, -0.25) is 4.79 Å². The molecule has 0 spiro atoms. The van der Waals surface area contributed by atoms with Gasteiger partial charge in [-0.25, -0.2) is 9.38 Å². The second-order valence-corrected chi connectivity index (χ2v) is 7.04. The Morgan fingerprint density at radius 1 is 1.14 bits per heavy atom. The number of rotatable bonds is 6. The highest BCUT2D eigenvalue weighted by atomic mass is 127. The molecule has 0 heterocycles. The van der Waals surface area contributed by atoms with Crippen molar-refractivity contribution in [3.63, 3.8) is 0 Å². The van der Waals surface area contributed by atoms with Crippen LogP contribution in [0.2, 0.25) is 0 Å². The molecule has 1 amide bonds. The van der Waals surface area contributed by atoms with Crippen LogP contribution in [0.1, 0.15) is 28.4 Å². The second kappa shape index (κ2) is 12.0. The Labute approximate surface area is 191 Å². The van der Waals surface area contributed by atoms with Crippen molar-refractivity contribution in [2.45, 2.75) is 20.0 Å². The molecule has 0 bridgehead atoms. The van der Waals surface area contributed by atoms with Gasteiger partial charge in [-0.1, -0.05) is 28.1 Å². The van der Waals surface area contributed by atoms with Crippen molar-refractivity contribution in [1.82, 2.24) is 15.5 Å². The summed E-state index contributed by atoms with van der Waals surface area (Å²) in [5, 5.41) is 6.37. The lowest BCUT2D eigenvalue weighted by atomic mass is 10.1. The zero-order valence-corrected chi connectivity index (χ0v) is 20.0. The van der Waals surface area contributed by atoms with Crippen molar-refractivity contribution in [2.24, 2.45) is 4.99 Å². The van der Waals surface area contributed by atoms with E-state index in [4.69, 9.17) is 0 Å². The summed E-state index contributed by atoms with van der Waals surface area (Å²) in [7, 11) is 3.46. The fourth-order valence-corrected chi connectivity index (χ4v) is 2.77. The number of carbonyl (C=O) groups excluding carboxylic acids is 1. The molecule has 152 valence electrons. The van der Waals surface area contributed by atoms with Crippen LogP contribution in [0.25, 0.3) is 0 Å². The largest absolute Gasteiger partial charge is 0.357 e. The van der Waals surface area contributed by atoms with Crippen LogP contribution in [0.5, 0.6) is 0 Å². The molecule has 0 unspecified atom stereocenters. The molecule has 0 atom stereocenters. The summed E-state index contributed by atoms with van der Waals surface area (Å²) in [6, 6.07) is 12.0. The molecular formula is C20H25BrFIN4O. The van der Waals surface area contributed by atoms with Crippen LogP contribution >= 0.6 is 39.9 Å². The SMILES string of the molecule is CCNC(=NCc1ccc(C(=O)N(C)C)cc1)NCc1cc(F)ccc1Br.I. The number of nitrogens with one attached hydrogen (secondary N) is 2. The zero-order valence-electron chi connectivity index (χ0n) is 16.1. The van der Waals surface area contributed by atoms with Gasteiger partial charge >= 0.3 is 0 Å². The molecule has 0 aliphatic carbocycles. The highest BCUT2D eigenvalue weighted by Gasteiger charge is 2.07. The Balaban J connectivity index is 0.00000392. The number of benzene rings is 2. The minimum absolute atomic E-state index is 0. The molecule has 0 aromatic heterocycles. The first-order valence-corrected chi connectivity index (χ1v) is 9.46. The summed E-state index contributed by atoms with van der Waals surface area (Å²) in [6.45, 7) is 3.61. The van der Waals surface area contributed by atoms with E-state index >= 15 is 0 Å². The van der Waals surface area contributed by atoms with Gasteiger partial charge in [0.05, 0.1) is 6.54 Å². The fourth-order valence-electron chi connectivity index (χ4n) is 2.38. The van der Waals surface area contributed by atoms with Crippen molar-refractivity contribution in [2.75, 3.05) is 20.6 Å². The van der Waals surface area contributed by atoms with Gasteiger partial charge in [0.1, 0.15) is 5.82 Å². The quantitative estimate of drug-likeness (QED) is 0.316. The van der Waals surface area contributed by atoms with E-state index in [1.165, 1.54) is 12.1 Å². The van der Waals surface area contributed by atoms with Crippen LogP contribution < -0.4 is 10.6 Å². The number of hydrogen-bond donors (Lipinski definition) is 2. The number of amides is 1. The van der Waals surface area contributed by atoms with Crippen LogP contribution in [0, 0.1) is 5.82 Å². The molecule has 2 N–H and O–H groups in total. The normalized spacial score (nSPS) is 10.8. The molecular weight excluding hydrogens is 538 g/mol. The molecule has 0 aliphatic heterocycles. The summed E-state index contributed by atoms with van der Waals surface area (Å²) < 4.78 is 14.2. The standard InChI is InChI=1S/C20H24BrFN4O.HI/c1-4-23-20(25-13-16-11-17(22)9-10-18(16)21)24-12-14-5-7-15(8-6-14)19(27)26(2)3;/h5-11H,4,12-13H2,1-3H3,(H2,23,24,25);1H. The Hall–Kier alpha value is -1.68. The van der Waals surface area contributed by atoms with Gasteiger partial charge < -0.3 is 15.5 Å². The number of halogens is 3. The molecule has 0 saturated carbocycles. The smallest absolute Gasteiger partial charge is 0.253 e. The third-order valence-electron chi connectivity index (χ3n) is 3.83. The average Bonchev–Trinajstić information content (AvgIpc) is 2.66. The van der Waals surface area contributed by atoms with Crippen molar-refractivity contribution in [3.05, 3.63) is 69.4 Å². The summed E-state index contributed by atoms with van der Waals surface area (Å²) in [5.74, 6) is 0.340. The van der Waals surface area contributed by atoms with Gasteiger partial charge in [0.15, 0.2) is 5.96 Å². The van der Waals surface area contributed by atoms with Gasteiger partial charge in [0.2, 0.25) is 0 Å². The summed E-state index contributed by atoms with van der Waals surface area (Å²) in [4.78, 5) is 18.0. The Bertz CT molecular complexity index is 812. The molecule has 28 heavy (non-hydrogen) atoms. The third kappa shape index (κ3) is 7.38. The minimum Gasteiger partial charge on any atom is -0.357 e. The maximum atomic E-state index is 13.4. The molecule has 0 radical (unpaired) electrons. The summed E-state index contributed by atoms with van der Waals surface area (Å²) >= 11 is 3.43. The first kappa shape index (κ1) is 24.4. The van der Waals surface area contributed by atoms with E-state index in [-0.39, 0.29) is 35.7 Å². The van der Waals surface area contributed by atoms with E-state index < -0.39 is 0 Å². The van der Waals surface area contributed by atoms with Crippen molar-refractivity contribution >= 4 is 51.8 Å². The van der Waals surface area contributed by atoms with Gasteiger partial charge in [0, 0.05) is 37.2 Å². The lowest BCUT2D eigenvalue weighted by Crippen LogP contribution is -2.36. The Kier molecular flexibility index (Phi) is 10.4. The van der Waals surface area contributed by atoms with E-state index in [9.17, 15) is 9.18 Å². The maximum absolute atomic E-state index is 13.4. The fraction of sp³-hybridized carbons (Fsp3) is 0.300. The first-order valence-electron chi connectivity index (χ1n) is 8.67. The third-order valence-corrected chi connectivity index (χ3v) is 4.60. The van der Waals surface area contributed by atoms with Crippen molar-refractivity contribution < 1.29 is 9.18 Å². The molecule has 2 rings (SSSR count). The van der Waals surface area contributed by atoms with Crippen LogP contribution in [-0.4, -0.2) is 37.4 Å². The molecule has 2 aromatic carbocycles. The van der Waals surface area contributed by atoms with E-state index in [1.807, 2.05) is 19.1 Å². The molecule has 0 aliphatic rings. The van der Waals surface area contributed by atoms with Crippen LogP contribution in [0.3, 0.4) is 0 Å².